The first-order valence-corrected chi connectivity index (χ1v) is 5.88. The van der Waals surface area contributed by atoms with Gasteiger partial charge in [-0.15, -0.1) is 0 Å². The topological polar surface area (TPSA) is 41.5 Å². The van der Waals surface area contributed by atoms with E-state index < -0.39 is 0 Å². The van der Waals surface area contributed by atoms with E-state index in [1.807, 2.05) is 30.3 Å². The second-order valence-corrected chi connectivity index (χ2v) is 4.38. The lowest BCUT2D eigenvalue weighted by Crippen LogP contribution is -2.35. The van der Waals surface area contributed by atoms with Crippen molar-refractivity contribution in [2.45, 2.75) is 24.8 Å². The molecule has 1 aliphatic carbocycles. The molecule has 16 heavy (non-hydrogen) atoms. The summed E-state index contributed by atoms with van der Waals surface area (Å²) in [5, 5.41) is 12.5. The van der Waals surface area contributed by atoms with Gasteiger partial charge in [0.05, 0.1) is 13.2 Å². The number of aliphatic hydroxyl groups excluding tert-OH is 1. The Morgan fingerprint density at radius 1 is 1.25 bits per heavy atom. The maximum Gasteiger partial charge on any atom is 0.119 e. The number of ether oxygens (including phenoxy) is 1. The number of nitrogens with one attached hydrogen (secondary N) is 1. The molecule has 0 bridgehead atoms. The molecule has 3 heteroatoms. The van der Waals surface area contributed by atoms with Gasteiger partial charge in [-0.1, -0.05) is 18.2 Å². The molecule has 0 aromatic heterocycles. The molecule has 0 radical (unpaired) electrons. The van der Waals surface area contributed by atoms with E-state index in [2.05, 4.69) is 5.32 Å². The fourth-order valence-corrected chi connectivity index (χ4v) is 1.67. The highest BCUT2D eigenvalue weighted by Gasteiger charge is 2.40. The van der Waals surface area contributed by atoms with Gasteiger partial charge in [0.2, 0.25) is 0 Å². The van der Waals surface area contributed by atoms with Crippen molar-refractivity contribution in [1.29, 1.82) is 0 Å². The van der Waals surface area contributed by atoms with Gasteiger partial charge in [0.1, 0.15) is 5.75 Å². The zero-order valence-corrected chi connectivity index (χ0v) is 9.48. The maximum atomic E-state index is 9.10. The van der Waals surface area contributed by atoms with Crippen LogP contribution in [0.15, 0.2) is 30.3 Å². The number of hydrogen-bond acceptors (Lipinski definition) is 3. The highest BCUT2D eigenvalue weighted by molar-refractivity contribution is 5.20. The van der Waals surface area contributed by atoms with Crippen LogP contribution in [0.1, 0.15) is 19.3 Å². The lowest BCUT2D eigenvalue weighted by Gasteiger charge is -2.14. The molecule has 0 heterocycles. The van der Waals surface area contributed by atoms with Gasteiger partial charge in [-0.05, 0) is 37.9 Å². The van der Waals surface area contributed by atoms with E-state index in [-0.39, 0.29) is 12.1 Å². The van der Waals surface area contributed by atoms with Crippen molar-refractivity contribution in [3.05, 3.63) is 30.3 Å². The van der Waals surface area contributed by atoms with Crippen LogP contribution in [0.4, 0.5) is 0 Å². The molecule has 2 rings (SSSR count). The first-order chi connectivity index (χ1) is 7.85. The second kappa shape index (κ2) is 5.32. The van der Waals surface area contributed by atoms with Gasteiger partial charge in [0.15, 0.2) is 0 Å². The molecule has 0 amide bonds. The van der Waals surface area contributed by atoms with Gasteiger partial charge in [-0.25, -0.2) is 0 Å². The van der Waals surface area contributed by atoms with E-state index in [0.29, 0.717) is 0 Å². The first-order valence-electron chi connectivity index (χ1n) is 5.88. The van der Waals surface area contributed by atoms with Crippen molar-refractivity contribution in [2.24, 2.45) is 0 Å². The van der Waals surface area contributed by atoms with Crippen LogP contribution < -0.4 is 10.1 Å². The zero-order valence-electron chi connectivity index (χ0n) is 9.48. The van der Waals surface area contributed by atoms with Crippen LogP contribution in [-0.4, -0.2) is 30.4 Å². The summed E-state index contributed by atoms with van der Waals surface area (Å²) in [6.45, 7) is 1.89. The molecule has 88 valence electrons. The van der Waals surface area contributed by atoms with Gasteiger partial charge < -0.3 is 15.2 Å². The molecule has 0 aliphatic heterocycles. The molecule has 1 fully saturated rings. The summed E-state index contributed by atoms with van der Waals surface area (Å²) < 4.78 is 5.57. The zero-order chi connectivity index (χ0) is 11.3. The SMILES string of the molecule is OCC1(NCCCOc2ccccc2)CC1. The Morgan fingerprint density at radius 3 is 2.62 bits per heavy atom. The van der Waals surface area contributed by atoms with Crippen LogP contribution in [0.3, 0.4) is 0 Å². The van der Waals surface area contributed by atoms with E-state index in [1.54, 1.807) is 0 Å². The lowest BCUT2D eigenvalue weighted by molar-refractivity contribution is 0.225. The largest absolute Gasteiger partial charge is 0.494 e. The Balaban J connectivity index is 1.56. The Bertz CT molecular complexity index is 309. The van der Waals surface area contributed by atoms with Crippen molar-refractivity contribution in [2.75, 3.05) is 19.8 Å². The van der Waals surface area contributed by atoms with E-state index in [0.717, 1.165) is 38.2 Å². The number of aliphatic hydroxyl groups is 1. The molecule has 0 saturated heterocycles. The number of hydrogen-bond donors (Lipinski definition) is 2. The third-order valence-corrected chi connectivity index (χ3v) is 2.99. The van der Waals surface area contributed by atoms with E-state index in [9.17, 15) is 0 Å². The van der Waals surface area contributed by atoms with Gasteiger partial charge in [0.25, 0.3) is 0 Å². The Labute approximate surface area is 96.4 Å². The van der Waals surface area contributed by atoms with Crippen molar-refractivity contribution >= 4 is 0 Å². The number of rotatable bonds is 7. The predicted octanol–water partition coefficient (Wildman–Crippen LogP) is 1.57. The van der Waals surface area contributed by atoms with Crippen LogP contribution in [0.5, 0.6) is 5.75 Å². The Hall–Kier alpha value is -1.06. The molecule has 0 spiro atoms. The van der Waals surface area contributed by atoms with E-state index in [1.165, 1.54) is 0 Å². The summed E-state index contributed by atoms with van der Waals surface area (Å²) >= 11 is 0. The molecular formula is C13H19NO2. The van der Waals surface area contributed by atoms with E-state index >= 15 is 0 Å². The highest BCUT2D eigenvalue weighted by atomic mass is 16.5. The maximum absolute atomic E-state index is 9.10. The van der Waals surface area contributed by atoms with Crippen LogP contribution >= 0.6 is 0 Å². The average molecular weight is 221 g/mol. The van der Waals surface area contributed by atoms with Crippen LogP contribution in [0, 0.1) is 0 Å². The smallest absolute Gasteiger partial charge is 0.119 e. The fourth-order valence-electron chi connectivity index (χ4n) is 1.67. The molecular weight excluding hydrogens is 202 g/mol. The summed E-state index contributed by atoms with van der Waals surface area (Å²) in [6.07, 6.45) is 3.17. The Morgan fingerprint density at radius 2 is 2.00 bits per heavy atom. The van der Waals surface area contributed by atoms with Crippen LogP contribution in [0.2, 0.25) is 0 Å². The van der Waals surface area contributed by atoms with Crippen molar-refractivity contribution in [3.63, 3.8) is 0 Å². The first kappa shape index (κ1) is 11.4. The molecule has 1 aromatic rings. The summed E-state index contributed by atoms with van der Waals surface area (Å²) in [5.41, 5.74) is 0.0484. The molecule has 3 nitrogen and oxygen atoms in total. The van der Waals surface area contributed by atoms with Gasteiger partial charge in [0, 0.05) is 5.54 Å². The molecule has 0 atom stereocenters. The van der Waals surface area contributed by atoms with Gasteiger partial charge >= 0.3 is 0 Å². The molecule has 1 aromatic carbocycles. The third kappa shape index (κ3) is 3.22. The van der Waals surface area contributed by atoms with E-state index in [4.69, 9.17) is 9.84 Å². The predicted molar refractivity (Wildman–Crippen MR) is 63.6 cm³/mol. The second-order valence-electron chi connectivity index (χ2n) is 4.38. The fraction of sp³-hybridized carbons (Fsp3) is 0.538. The summed E-state index contributed by atoms with van der Waals surface area (Å²) in [7, 11) is 0. The Kier molecular flexibility index (Phi) is 3.80. The quantitative estimate of drug-likeness (QED) is 0.687. The molecule has 2 N–H and O–H groups in total. The molecule has 1 aliphatic rings. The highest BCUT2D eigenvalue weighted by Crippen LogP contribution is 2.34. The minimum absolute atomic E-state index is 0.0484. The van der Waals surface area contributed by atoms with Gasteiger partial charge in [-0.3, -0.25) is 0 Å². The summed E-state index contributed by atoms with van der Waals surface area (Å²) in [4.78, 5) is 0. The third-order valence-electron chi connectivity index (χ3n) is 2.99. The molecule has 0 unspecified atom stereocenters. The minimum Gasteiger partial charge on any atom is -0.494 e. The van der Waals surface area contributed by atoms with Crippen LogP contribution in [0.25, 0.3) is 0 Å². The lowest BCUT2D eigenvalue weighted by atomic mass is 10.3. The standard InChI is InChI=1S/C13H19NO2/c15-11-13(7-8-13)14-9-4-10-16-12-5-2-1-3-6-12/h1-3,5-6,14-15H,4,7-11H2. The normalized spacial score (nSPS) is 17.1. The van der Waals surface area contributed by atoms with Crippen molar-refractivity contribution < 1.29 is 9.84 Å². The summed E-state index contributed by atoms with van der Waals surface area (Å²) in [6, 6.07) is 9.84. The van der Waals surface area contributed by atoms with Gasteiger partial charge in [-0.2, -0.15) is 0 Å². The van der Waals surface area contributed by atoms with Crippen molar-refractivity contribution in [3.8, 4) is 5.75 Å². The summed E-state index contributed by atoms with van der Waals surface area (Å²) in [5.74, 6) is 0.922. The van der Waals surface area contributed by atoms with Crippen molar-refractivity contribution in [1.82, 2.24) is 5.32 Å². The minimum atomic E-state index is 0.0484. The number of benzene rings is 1. The number of para-hydroxylation sites is 1. The van der Waals surface area contributed by atoms with Crippen LogP contribution in [-0.2, 0) is 0 Å². The monoisotopic (exact) mass is 221 g/mol. The molecule has 1 saturated carbocycles. The average Bonchev–Trinajstić information content (AvgIpc) is 3.11.